The molecule has 2 aromatic rings. The van der Waals surface area contributed by atoms with E-state index in [0.717, 1.165) is 15.9 Å². The third-order valence-corrected chi connectivity index (χ3v) is 2.51. The molecular formula is C12H13ClNO2-. The second-order valence-electron chi connectivity index (χ2n) is 3.71. The molecule has 16 heavy (non-hydrogen) atoms. The van der Waals surface area contributed by atoms with E-state index >= 15 is 0 Å². The number of rotatable bonds is 1. The molecule has 0 aliphatic heterocycles. The Labute approximate surface area is 101 Å². The van der Waals surface area contributed by atoms with Gasteiger partial charge < -0.3 is 22.0 Å². The van der Waals surface area contributed by atoms with E-state index in [1.807, 2.05) is 31.2 Å². The molecule has 0 saturated carbocycles. The lowest BCUT2D eigenvalue weighted by Crippen LogP contribution is -3.00. The second kappa shape index (κ2) is 4.58. The van der Waals surface area contributed by atoms with Gasteiger partial charge in [0.2, 0.25) is 5.69 Å². The minimum Gasteiger partial charge on any atom is -1.00 e. The highest BCUT2D eigenvalue weighted by Gasteiger charge is 2.19. The van der Waals surface area contributed by atoms with Crippen molar-refractivity contribution in [3.63, 3.8) is 0 Å². The molecule has 0 spiro atoms. The Balaban J connectivity index is 0.00000128. The average molecular weight is 239 g/mol. The molecule has 0 bridgehead atoms. The number of hydrogen-bond acceptors (Lipinski definition) is 2. The van der Waals surface area contributed by atoms with Gasteiger partial charge in [0.05, 0.1) is 5.56 Å². The summed E-state index contributed by atoms with van der Waals surface area (Å²) in [5.41, 5.74) is 2.55. The molecule has 4 heteroatoms. The summed E-state index contributed by atoms with van der Waals surface area (Å²) in [6.45, 7) is 5.54. The van der Waals surface area contributed by atoms with Gasteiger partial charge in [-0.05, 0) is 19.1 Å². The molecular weight excluding hydrogens is 226 g/mol. The molecule has 1 aromatic carbocycles. The maximum absolute atomic E-state index is 11.7. The van der Waals surface area contributed by atoms with Gasteiger partial charge >= 0.3 is 5.89 Å². The quantitative estimate of drug-likeness (QED) is 0.497. The lowest BCUT2D eigenvalue weighted by Gasteiger charge is -1.98. The van der Waals surface area contributed by atoms with Crippen molar-refractivity contribution < 1.29 is 21.6 Å². The molecule has 3 nitrogen and oxygen atoms in total. The van der Waals surface area contributed by atoms with Crippen molar-refractivity contribution in [1.82, 2.24) is 0 Å². The largest absolute Gasteiger partial charge is 1.00 e. The van der Waals surface area contributed by atoms with E-state index in [4.69, 9.17) is 4.42 Å². The first-order chi connectivity index (χ1) is 7.09. The molecule has 0 N–H and O–H groups in total. The van der Waals surface area contributed by atoms with E-state index in [9.17, 15) is 5.21 Å². The molecule has 0 unspecified atom stereocenters. The summed E-state index contributed by atoms with van der Waals surface area (Å²) in [6.07, 6.45) is 0. The topological polar surface area (TPSA) is 40.1 Å². The van der Waals surface area contributed by atoms with Gasteiger partial charge in [0, 0.05) is 13.8 Å². The SMILES string of the molecule is Cc1cccc(-c2oc(C)c(C)[n+]2[O-])c1.[Cl-]. The monoisotopic (exact) mass is 238 g/mol. The standard InChI is InChI=1S/C12H13NO2.ClH/c1-8-5-4-6-11(7-8)12-13(14)9(2)10(3)15-12;/h4-7H,1-3H3;1H/p-1. The minimum absolute atomic E-state index is 0. The molecule has 0 radical (unpaired) electrons. The van der Waals surface area contributed by atoms with Crippen LogP contribution in [0.1, 0.15) is 17.0 Å². The Morgan fingerprint density at radius 3 is 2.38 bits per heavy atom. The number of aromatic nitrogens is 1. The van der Waals surface area contributed by atoms with E-state index in [1.165, 1.54) is 0 Å². The fourth-order valence-corrected chi connectivity index (χ4v) is 1.51. The first-order valence-corrected chi connectivity index (χ1v) is 4.86. The normalized spacial score (nSPS) is 9.94. The summed E-state index contributed by atoms with van der Waals surface area (Å²) in [6, 6.07) is 7.71. The fourth-order valence-electron chi connectivity index (χ4n) is 1.51. The van der Waals surface area contributed by atoms with Crippen LogP contribution < -0.4 is 17.1 Å². The summed E-state index contributed by atoms with van der Waals surface area (Å²) in [7, 11) is 0. The zero-order valence-corrected chi connectivity index (χ0v) is 10.2. The van der Waals surface area contributed by atoms with Crippen molar-refractivity contribution in [2.24, 2.45) is 0 Å². The Morgan fingerprint density at radius 2 is 1.88 bits per heavy atom. The fraction of sp³-hybridized carbons (Fsp3) is 0.250. The maximum Gasteiger partial charge on any atom is 0.392 e. The molecule has 0 aliphatic carbocycles. The van der Waals surface area contributed by atoms with Crippen LogP contribution in [0, 0.1) is 26.0 Å². The Kier molecular flexibility index (Phi) is 3.60. The van der Waals surface area contributed by atoms with Gasteiger partial charge in [-0.25, -0.2) is 0 Å². The van der Waals surface area contributed by atoms with Gasteiger partial charge in [-0.15, -0.1) is 4.73 Å². The number of oxazole rings is 1. The van der Waals surface area contributed by atoms with E-state index in [2.05, 4.69) is 0 Å². The van der Waals surface area contributed by atoms with Gasteiger partial charge in [0.25, 0.3) is 0 Å². The molecule has 0 aliphatic rings. The zero-order chi connectivity index (χ0) is 11.0. The number of halogens is 1. The van der Waals surface area contributed by atoms with E-state index in [-0.39, 0.29) is 12.4 Å². The predicted molar refractivity (Wildman–Crippen MR) is 57.3 cm³/mol. The van der Waals surface area contributed by atoms with Gasteiger partial charge in [0.1, 0.15) is 0 Å². The molecule has 2 rings (SSSR count). The number of nitrogens with zero attached hydrogens (tertiary/aromatic N) is 1. The van der Waals surface area contributed by atoms with Crippen LogP contribution in [0.25, 0.3) is 11.5 Å². The van der Waals surface area contributed by atoms with Crippen molar-refractivity contribution in [1.29, 1.82) is 0 Å². The van der Waals surface area contributed by atoms with Gasteiger partial charge in [-0.2, -0.15) is 0 Å². The lowest BCUT2D eigenvalue weighted by molar-refractivity contribution is -0.602. The van der Waals surface area contributed by atoms with Crippen LogP contribution >= 0.6 is 0 Å². The summed E-state index contributed by atoms with van der Waals surface area (Å²) >= 11 is 0. The average Bonchev–Trinajstić information content (AvgIpc) is 2.46. The van der Waals surface area contributed by atoms with Crippen molar-refractivity contribution in [3.8, 4) is 11.5 Å². The Bertz CT molecular complexity index is 506. The van der Waals surface area contributed by atoms with Crippen molar-refractivity contribution in [2.45, 2.75) is 20.8 Å². The first-order valence-electron chi connectivity index (χ1n) is 4.86. The van der Waals surface area contributed by atoms with E-state index in [0.29, 0.717) is 17.3 Å². The van der Waals surface area contributed by atoms with Crippen LogP contribution in [0.4, 0.5) is 0 Å². The molecule has 1 aromatic heterocycles. The van der Waals surface area contributed by atoms with Crippen LogP contribution in [-0.2, 0) is 0 Å². The summed E-state index contributed by atoms with van der Waals surface area (Å²) in [4.78, 5) is 0. The van der Waals surface area contributed by atoms with Gasteiger partial charge in [-0.1, -0.05) is 17.7 Å². The highest BCUT2D eigenvalue weighted by atomic mass is 35.5. The Morgan fingerprint density at radius 1 is 1.19 bits per heavy atom. The molecule has 0 saturated heterocycles. The first kappa shape index (κ1) is 12.6. The number of hydrogen-bond donors (Lipinski definition) is 0. The van der Waals surface area contributed by atoms with Crippen molar-refractivity contribution in [2.75, 3.05) is 0 Å². The third-order valence-electron chi connectivity index (χ3n) is 2.51. The number of aryl methyl sites for hydroxylation is 2. The van der Waals surface area contributed by atoms with Crippen molar-refractivity contribution in [3.05, 3.63) is 46.5 Å². The van der Waals surface area contributed by atoms with Gasteiger partial charge in [-0.3, -0.25) is 0 Å². The highest BCUT2D eigenvalue weighted by molar-refractivity contribution is 5.52. The molecule has 86 valence electrons. The minimum atomic E-state index is 0. The summed E-state index contributed by atoms with van der Waals surface area (Å²) in [5.74, 6) is 1.04. The van der Waals surface area contributed by atoms with Gasteiger partial charge in [0.15, 0.2) is 5.76 Å². The van der Waals surface area contributed by atoms with Crippen LogP contribution in [0.3, 0.4) is 0 Å². The van der Waals surface area contributed by atoms with Crippen molar-refractivity contribution >= 4 is 0 Å². The van der Waals surface area contributed by atoms with E-state index < -0.39 is 0 Å². The Hall–Kier alpha value is -1.48. The molecule has 1 heterocycles. The smallest absolute Gasteiger partial charge is 0.392 e. The predicted octanol–water partition coefficient (Wildman–Crippen LogP) is -0.491. The van der Waals surface area contributed by atoms with Crippen LogP contribution in [0.15, 0.2) is 28.7 Å². The summed E-state index contributed by atoms with van der Waals surface area (Å²) in [5, 5.41) is 11.7. The highest BCUT2D eigenvalue weighted by Crippen LogP contribution is 2.20. The van der Waals surface area contributed by atoms with E-state index in [1.54, 1.807) is 13.8 Å². The molecule has 0 atom stereocenters. The maximum atomic E-state index is 11.7. The third kappa shape index (κ3) is 2.04. The molecule has 0 amide bonds. The number of benzene rings is 1. The zero-order valence-electron chi connectivity index (χ0n) is 9.45. The summed E-state index contributed by atoms with van der Waals surface area (Å²) < 4.78 is 6.27. The van der Waals surface area contributed by atoms with Crippen LogP contribution in [0.5, 0.6) is 0 Å². The van der Waals surface area contributed by atoms with Crippen LogP contribution in [0.2, 0.25) is 0 Å². The molecule has 0 fully saturated rings. The lowest BCUT2D eigenvalue weighted by atomic mass is 10.1. The second-order valence-corrected chi connectivity index (χ2v) is 3.71. The van der Waals surface area contributed by atoms with Crippen LogP contribution in [-0.4, -0.2) is 0 Å².